The molecule has 1 saturated heterocycles. The highest BCUT2D eigenvalue weighted by Crippen LogP contribution is 2.12. The first kappa shape index (κ1) is 16.8. The zero-order valence-electron chi connectivity index (χ0n) is 13.7. The third-order valence-corrected chi connectivity index (χ3v) is 4.07. The van der Waals surface area contributed by atoms with E-state index in [0.717, 1.165) is 13.0 Å². The molecule has 10 nitrogen and oxygen atoms in total. The lowest BCUT2D eigenvalue weighted by Crippen LogP contribution is -2.36. The van der Waals surface area contributed by atoms with Crippen LogP contribution in [0.2, 0.25) is 0 Å². The van der Waals surface area contributed by atoms with E-state index in [1.165, 1.54) is 17.1 Å². The molecule has 0 unspecified atom stereocenters. The Hall–Kier alpha value is -3.04. The number of aromatic nitrogens is 4. The summed E-state index contributed by atoms with van der Waals surface area (Å²) >= 11 is 0. The monoisotopic (exact) mass is 345 g/mol. The number of carbonyl (C=O) groups is 1. The number of amides is 1. The Labute approximate surface area is 144 Å². The maximum Gasteiger partial charge on any atom is 0.306 e. The van der Waals surface area contributed by atoms with Gasteiger partial charge in [-0.3, -0.25) is 19.6 Å². The van der Waals surface area contributed by atoms with E-state index in [1.54, 1.807) is 18.5 Å². The van der Waals surface area contributed by atoms with Crippen LogP contribution in [0.1, 0.15) is 12.8 Å². The molecule has 10 heteroatoms. The van der Waals surface area contributed by atoms with Crippen molar-refractivity contribution in [2.75, 3.05) is 31.1 Å². The van der Waals surface area contributed by atoms with Crippen molar-refractivity contribution in [1.82, 2.24) is 24.6 Å². The molecule has 0 spiro atoms. The van der Waals surface area contributed by atoms with Gasteiger partial charge in [-0.2, -0.15) is 5.10 Å². The average molecular weight is 345 g/mol. The SMILES string of the molecule is O=C(CCn1cc([N+](=O)[O-])cn1)N1CCCN(c2ncccn2)CC1. The fraction of sp³-hybridized carbons (Fsp3) is 0.467. The van der Waals surface area contributed by atoms with Gasteiger partial charge < -0.3 is 9.80 Å². The van der Waals surface area contributed by atoms with Crippen molar-refractivity contribution in [3.05, 3.63) is 41.0 Å². The van der Waals surface area contributed by atoms with E-state index in [1.807, 2.05) is 4.90 Å². The molecule has 0 atom stereocenters. The molecule has 25 heavy (non-hydrogen) atoms. The van der Waals surface area contributed by atoms with E-state index < -0.39 is 4.92 Å². The number of aryl methyl sites for hydroxylation is 1. The first-order chi connectivity index (χ1) is 12.1. The summed E-state index contributed by atoms with van der Waals surface area (Å²) < 4.78 is 1.43. The number of anilines is 1. The maximum absolute atomic E-state index is 12.4. The molecule has 132 valence electrons. The van der Waals surface area contributed by atoms with Gasteiger partial charge in [0.25, 0.3) is 0 Å². The smallest absolute Gasteiger partial charge is 0.306 e. The van der Waals surface area contributed by atoms with Gasteiger partial charge in [0, 0.05) is 51.5 Å². The Morgan fingerprint density at radius 2 is 2.00 bits per heavy atom. The molecule has 2 aromatic rings. The van der Waals surface area contributed by atoms with Crippen LogP contribution in [-0.2, 0) is 11.3 Å². The molecule has 3 heterocycles. The molecular formula is C15H19N7O3. The Kier molecular flexibility index (Phi) is 5.17. The van der Waals surface area contributed by atoms with E-state index in [4.69, 9.17) is 0 Å². The summed E-state index contributed by atoms with van der Waals surface area (Å²) in [6.07, 6.45) is 7.05. The molecule has 3 rings (SSSR count). The molecule has 1 aliphatic heterocycles. The molecule has 1 amide bonds. The molecule has 0 aliphatic carbocycles. The molecular weight excluding hydrogens is 326 g/mol. The van der Waals surface area contributed by atoms with Gasteiger partial charge in [0.05, 0.1) is 4.92 Å². The van der Waals surface area contributed by atoms with Gasteiger partial charge in [0.2, 0.25) is 11.9 Å². The van der Waals surface area contributed by atoms with Gasteiger partial charge in [-0.25, -0.2) is 9.97 Å². The number of hydrogen-bond acceptors (Lipinski definition) is 7. The molecule has 1 aliphatic rings. The minimum atomic E-state index is -0.500. The number of nitrogens with zero attached hydrogens (tertiary/aromatic N) is 7. The summed E-state index contributed by atoms with van der Waals surface area (Å²) in [5, 5.41) is 14.6. The second kappa shape index (κ2) is 7.69. The number of carbonyl (C=O) groups excluding carboxylic acids is 1. The van der Waals surface area contributed by atoms with Crippen LogP contribution in [0.3, 0.4) is 0 Å². The van der Waals surface area contributed by atoms with Crippen LogP contribution in [0.15, 0.2) is 30.9 Å². The number of rotatable bonds is 5. The van der Waals surface area contributed by atoms with Crippen molar-refractivity contribution in [3.8, 4) is 0 Å². The van der Waals surface area contributed by atoms with Crippen molar-refractivity contribution >= 4 is 17.5 Å². The largest absolute Gasteiger partial charge is 0.341 e. The Morgan fingerprint density at radius 1 is 1.20 bits per heavy atom. The van der Waals surface area contributed by atoms with Gasteiger partial charge in [-0.1, -0.05) is 0 Å². The molecule has 0 radical (unpaired) electrons. The highest BCUT2D eigenvalue weighted by Gasteiger charge is 2.20. The van der Waals surface area contributed by atoms with Crippen LogP contribution in [-0.4, -0.2) is 61.7 Å². The van der Waals surface area contributed by atoms with Crippen LogP contribution in [0.4, 0.5) is 11.6 Å². The standard InChI is InChI=1S/C15H19N7O3/c23-14(3-8-21-12-13(11-18-21)22(24)25)19-6-2-7-20(10-9-19)15-16-4-1-5-17-15/h1,4-5,11-12H,2-3,6-10H2. The summed E-state index contributed by atoms with van der Waals surface area (Å²) in [7, 11) is 0. The summed E-state index contributed by atoms with van der Waals surface area (Å²) in [4.78, 5) is 35.0. The van der Waals surface area contributed by atoms with E-state index in [2.05, 4.69) is 20.0 Å². The molecule has 0 N–H and O–H groups in total. The Balaban J connectivity index is 1.51. The second-order valence-electron chi connectivity index (χ2n) is 5.74. The van der Waals surface area contributed by atoms with Crippen LogP contribution in [0.5, 0.6) is 0 Å². The zero-order valence-corrected chi connectivity index (χ0v) is 13.7. The topological polar surface area (TPSA) is 110 Å². The molecule has 0 aromatic carbocycles. The van der Waals surface area contributed by atoms with Gasteiger partial charge in [-0.05, 0) is 12.5 Å². The highest BCUT2D eigenvalue weighted by atomic mass is 16.6. The van der Waals surface area contributed by atoms with Crippen LogP contribution < -0.4 is 4.90 Å². The van der Waals surface area contributed by atoms with E-state index in [0.29, 0.717) is 32.1 Å². The maximum atomic E-state index is 12.4. The quantitative estimate of drug-likeness (QED) is 0.579. The molecule has 0 bridgehead atoms. The van der Waals surface area contributed by atoms with E-state index in [-0.39, 0.29) is 18.0 Å². The molecule has 2 aromatic heterocycles. The van der Waals surface area contributed by atoms with Crippen LogP contribution in [0, 0.1) is 10.1 Å². The summed E-state index contributed by atoms with van der Waals surface area (Å²) in [5.74, 6) is 0.703. The zero-order chi connectivity index (χ0) is 17.6. The van der Waals surface area contributed by atoms with Crippen LogP contribution in [0.25, 0.3) is 0 Å². The summed E-state index contributed by atoms with van der Waals surface area (Å²) in [6.45, 7) is 3.11. The number of nitro groups is 1. The lowest BCUT2D eigenvalue weighted by atomic mass is 10.3. The minimum absolute atomic E-state index is 0.0222. The van der Waals surface area contributed by atoms with Gasteiger partial charge >= 0.3 is 5.69 Å². The summed E-state index contributed by atoms with van der Waals surface area (Å²) in [5.41, 5.74) is -0.0688. The summed E-state index contributed by atoms with van der Waals surface area (Å²) in [6, 6.07) is 1.77. The fourth-order valence-corrected chi connectivity index (χ4v) is 2.76. The third kappa shape index (κ3) is 4.28. The van der Waals surface area contributed by atoms with Crippen molar-refractivity contribution < 1.29 is 9.72 Å². The highest BCUT2D eigenvalue weighted by molar-refractivity contribution is 5.76. The van der Waals surface area contributed by atoms with Gasteiger partial charge in [0.1, 0.15) is 12.4 Å². The predicted molar refractivity (Wildman–Crippen MR) is 88.9 cm³/mol. The molecule has 1 fully saturated rings. The van der Waals surface area contributed by atoms with E-state index >= 15 is 0 Å². The Bertz CT molecular complexity index is 734. The lowest BCUT2D eigenvalue weighted by Gasteiger charge is -2.22. The van der Waals surface area contributed by atoms with Crippen LogP contribution >= 0.6 is 0 Å². The predicted octanol–water partition coefficient (Wildman–Crippen LogP) is 0.710. The number of hydrogen-bond donors (Lipinski definition) is 0. The lowest BCUT2D eigenvalue weighted by molar-refractivity contribution is -0.385. The normalized spacial score (nSPS) is 15.0. The second-order valence-corrected chi connectivity index (χ2v) is 5.74. The molecule has 0 saturated carbocycles. The Morgan fingerprint density at radius 3 is 2.72 bits per heavy atom. The van der Waals surface area contributed by atoms with Crippen molar-refractivity contribution in [3.63, 3.8) is 0 Å². The van der Waals surface area contributed by atoms with Crippen molar-refractivity contribution in [2.24, 2.45) is 0 Å². The fourth-order valence-electron chi connectivity index (χ4n) is 2.76. The van der Waals surface area contributed by atoms with Gasteiger partial charge in [-0.15, -0.1) is 0 Å². The minimum Gasteiger partial charge on any atom is -0.341 e. The first-order valence-electron chi connectivity index (χ1n) is 8.10. The van der Waals surface area contributed by atoms with Crippen molar-refractivity contribution in [1.29, 1.82) is 0 Å². The van der Waals surface area contributed by atoms with Crippen molar-refractivity contribution in [2.45, 2.75) is 19.4 Å². The van der Waals surface area contributed by atoms with Gasteiger partial charge in [0.15, 0.2) is 0 Å². The van der Waals surface area contributed by atoms with E-state index in [9.17, 15) is 14.9 Å². The third-order valence-electron chi connectivity index (χ3n) is 4.07. The first-order valence-corrected chi connectivity index (χ1v) is 8.10. The average Bonchev–Trinajstić information content (AvgIpc) is 2.97.